The Hall–Kier alpha value is 1.18. The molecule has 2 saturated carbocycles. The highest BCUT2D eigenvalue weighted by Gasteiger charge is 2.13. The molecule has 174 valence electrons. The van der Waals surface area contributed by atoms with Crippen LogP contribution in [-0.2, 0) is 0 Å². The number of hydrogen-bond donors (Lipinski definition) is 2. The van der Waals surface area contributed by atoms with Crippen LogP contribution in [0.25, 0.3) is 0 Å². The van der Waals surface area contributed by atoms with Crippen LogP contribution in [0, 0.1) is 11.8 Å². The largest absolute Gasteiger partial charge is 0.370 e. The average Bonchev–Trinajstić information content (AvgIpc) is 2.78. The Bertz CT molecular complexity index is 423. The molecule has 2 N–H and O–H groups in total. The standard InChI is InChI=1S/C22H40N2S6/c25-21(23-15-7-13-19-9-3-1-4-10-19)29-27-17-18-28-30-22(26)24-16-8-14-20-11-5-2-6-12-20/h19-20H,1-18H2,(H,23,25)(H,24,26). The molecule has 0 amide bonds. The summed E-state index contributed by atoms with van der Waals surface area (Å²) in [7, 11) is 7.14. The predicted octanol–water partition coefficient (Wildman–Crippen LogP) is 8.22. The number of nitrogens with one attached hydrogen (secondary N) is 2. The zero-order valence-corrected chi connectivity index (χ0v) is 23.2. The zero-order valence-electron chi connectivity index (χ0n) is 18.3. The molecule has 2 rings (SSSR count). The lowest BCUT2D eigenvalue weighted by Gasteiger charge is -2.21. The molecule has 0 heterocycles. The van der Waals surface area contributed by atoms with Gasteiger partial charge >= 0.3 is 0 Å². The second-order valence-electron chi connectivity index (χ2n) is 8.53. The molecule has 0 aliphatic heterocycles. The summed E-state index contributed by atoms with van der Waals surface area (Å²) < 4.78 is 1.88. The van der Waals surface area contributed by atoms with Gasteiger partial charge in [-0.25, -0.2) is 0 Å². The van der Waals surface area contributed by atoms with E-state index in [9.17, 15) is 0 Å². The molecule has 0 aromatic heterocycles. The topological polar surface area (TPSA) is 24.1 Å². The maximum atomic E-state index is 5.44. The van der Waals surface area contributed by atoms with E-state index in [0.29, 0.717) is 0 Å². The van der Waals surface area contributed by atoms with E-state index in [2.05, 4.69) is 10.6 Å². The number of rotatable bonds is 13. The van der Waals surface area contributed by atoms with Crippen LogP contribution in [0.15, 0.2) is 0 Å². The second kappa shape index (κ2) is 18.6. The summed E-state index contributed by atoms with van der Waals surface area (Å²) in [5.74, 6) is 4.14. The van der Waals surface area contributed by atoms with Gasteiger partial charge in [0, 0.05) is 24.6 Å². The van der Waals surface area contributed by atoms with Gasteiger partial charge in [-0.05, 0) is 59.1 Å². The third-order valence-electron chi connectivity index (χ3n) is 6.09. The van der Waals surface area contributed by atoms with Gasteiger partial charge in [0.1, 0.15) is 8.64 Å². The highest BCUT2D eigenvalue weighted by atomic mass is 33.1. The summed E-state index contributed by atoms with van der Waals surface area (Å²) in [5.41, 5.74) is 0. The first-order chi connectivity index (χ1) is 14.7. The Kier molecular flexibility index (Phi) is 17.0. The third-order valence-corrected chi connectivity index (χ3v) is 12.0. The fourth-order valence-corrected chi connectivity index (χ4v) is 9.47. The summed E-state index contributed by atoms with van der Waals surface area (Å²) in [6.07, 6.45) is 19.7. The monoisotopic (exact) mass is 524 g/mol. The van der Waals surface area contributed by atoms with Crippen LogP contribution in [0.4, 0.5) is 0 Å². The van der Waals surface area contributed by atoms with Crippen molar-refractivity contribution in [2.45, 2.75) is 89.9 Å². The van der Waals surface area contributed by atoms with Crippen molar-refractivity contribution in [1.29, 1.82) is 0 Å². The summed E-state index contributed by atoms with van der Waals surface area (Å²) in [4.78, 5) is 0. The Labute approximate surface area is 212 Å². The molecule has 0 aromatic carbocycles. The molecule has 0 aromatic rings. The molecule has 0 bridgehead atoms. The second-order valence-corrected chi connectivity index (χ2v) is 14.7. The maximum absolute atomic E-state index is 5.44. The number of thiocarbonyl (C=S) groups is 2. The molecule has 0 spiro atoms. The van der Waals surface area contributed by atoms with Gasteiger partial charge in [-0.15, -0.1) is 0 Å². The molecular weight excluding hydrogens is 485 g/mol. The van der Waals surface area contributed by atoms with Crippen molar-refractivity contribution in [3.63, 3.8) is 0 Å². The van der Waals surface area contributed by atoms with Gasteiger partial charge in [0.05, 0.1) is 0 Å². The Morgan fingerprint density at radius 1 is 0.633 bits per heavy atom. The van der Waals surface area contributed by atoms with E-state index in [1.165, 1.54) is 89.9 Å². The summed E-state index contributed by atoms with van der Waals surface area (Å²) in [5, 5.41) is 6.83. The van der Waals surface area contributed by atoms with Crippen molar-refractivity contribution in [3.8, 4) is 0 Å². The molecule has 2 nitrogen and oxygen atoms in total. The molecular formula is C22H40N2S6. The lowest BCUT2D eigenvalue weighted by Crippen LogP contribution is -2.20. The van der Waals surface area contributed by atoms with Crippen molar-refractivity contribution < 1.29 is 0 Å². The van der Waals surface area contributed by atoms with E-state index >= 15 is 0 Å². The van der Waals surface area contributed by atoms with Crippen LogP contribution < -0.4 is 10.6 Å². The molecule has 30 heavy (non-hydrogen) atoms. The van der Waals surface area contributed by atoms with E-state index in [1.807, 2.05) is 21.6 Å². The Morgan fingerprint density at radius 3 is 1.43 bits per heavy atom. The minimum atomic E-state index is 0.941. The van der Waals surface area contributed by atoms with Gasteiger partial charge in [0.2, 0.25) is 0 Å². The lowest BCUT2D eigenvalue weighted by molar-refractivity contribution is 0.333. The normalized spacial score (nSPS) is 18.3. The van der Waals surface area contributed by atoms with E-state index in [-0.39, 0.29) is 0 Å². The van der Waals surface area contributed by atoms with Crippen molar-refractivity contribution in [2.75, 3.05) is 24.6 Å². The smallest absolute Gasteiger partial charge is 0.144 e. The van der Waals surface area contributed by atoms with Gasteiger partial charge in [-0.2, -0.15) is 0 Å². The van der Waals surface area contributed by atoms with Crippen LogP contribution >= 0.6 is 67.6 Å². The fraction of sp³-hybridized carbons (Fsp3) is 0.909. The highest BCUT2D eigenvalue weighted by molar-refractivity contribution is 8.85. The lowest BCUT2D eigenvalue weighted by atomic mass is 9.86. The Balaban J connectivity index is 1.31. The molecule has 2 fully saturated rings. The van der Waals surface area contributed by atoms with Gasteiger partial charge in [-0.3, -0.25) is 0 Å². The van der Waals surface area contributed by atoms with Crippen LogP contribution in [0.5, 0.6) is 0 Å². The van der Waals surface area contributed by atoms with Gasteiger partial charge in [0.25, 0.3) is 0 Å². The van der Waals surface area contributed by atoms with Gasteiger partial charge in [0.15, 0.2) is 0 Å². The first-order valence-electron chi connectivity index (χ1n) is 11.9. The minimum Gasteiger partial charge on any atom is -0.370 e. The first kappa shape index (κ1) is 27.4. The van der Waals surface area contributed by atoms with Gasteiger partial charge < -0.3 is 10.6 Å². The van der Waals surface area contributed by atoms with Crippen molar-refractivity contribution in [3.05, 3.63) is 0 Å². The summed E-state index contributed by atoms with van der Waals surface area (Å²) >= 11 is 10.9. The molecule has 0 radical (unpaired) electrons. The van der Waals surface area contributed by atoms with Crippen LogP contribution in [0.3, 0.4) is 0 Å². The third kappa shape index (κ3) is 14.4. The number of hydrogen-bond acceptors (Lipinski definition) is 6. The minimum absolute atomic E-state index is 0.941. The highest BCUT2D eigenvalue weighted by Crippen LogP contribution is 2.29. The van der Waals surface area contributed by atoms with E-state index in [0.717, 1.165) is 45.1 Å². The first-order valence-corrected chi connectivity index (χ1v) is 17.3. The molecule has 2 aliphatic carbocycles. The average molecular weight is 525 g/mol. The van der Waals surface area contributed by atoms with Gasteiger partial charge in [-0.1, -0.05) is 110 Å². The summed E-state index contributed by atoms with van der Waals surface area (Å²) in [6, 6.07) is 0. The molecule has 8 heteroatoms. The van der Waals surface area contributed by atoms with Crippen LogP contribution in [0.1, 0.15) is 89.9 Å². The zero-order chi connectivity index (χ0) is 21.3. The molecule has 0 saturated heterocycles. The van der Waals surface area contributed by atoms with Crippen molar-refractivity contribution in [2.24, 2.45) is 11.8 Å². The van der Waals surface area contributed by atoms with Crippen LogP contribution in [0.2, 0.25) is 0 Å². The van der Waals surface area contributed by atoms with E-state index in [4.69, 9.17) is 24.4 Å². The quantitative estimate of drug-likeness (QED) is 0.141. The van der Waals surface area contributed by atoms with E-state index in [1.54, 1.807) is 21.6 Å². The van der Waals surface area contributed by atoms with Crippen LogP contribution in [-0.4, -0.2) is 33.2 Å². The summed E-state index contributed by atoms with van der Waals surface area (Å²) in [6.45, 7) is 2.07. The fourth-order valence-electron chi connectivity index (χ4n) is 4.43. The SMILES string of the molecule is S=C(NCCCC1CCCCC1)SSCCSSC(=S)NCCCC1CCCCC1. The molecule has 2 aliphatic rings. The molecule has 0 unspecified atom stereocenters. The Morgan fingerprint density at radius 2 is 1.03 bits per heavy atom. The molecule has 0 atom stereocenters. The van der Waals surface area contributed by atoms with Crippen molar-refractivity contribution >= 4 is 76.3 Å². The predicted molar refractivity (Wildman–Crippen MR) is 153 cm³/mol. The van der Waals surface area contributed by atoms with Crippen molar-refractivity contribution in [1.82, 2.24) is 10.6 Å². The van der Waals surface area contributed by atoms with E-state index < -0.39 is 0 Å². The maximum Gasteiger partial charge on any atom is 0.144 e.